The molecule has 0 aromatic heterocycles. The van der Waals surface area contributed by atoms with Crippen LogP contribution in [0.4, 0.5) is 0 Å². The lowest BCUT2D eigenvalue weighted by atomic mass is 9.72. The van der Waals surface area contributed by atoms with Crippen molar-refractivity contribution in [1.82, 2.24) is 4.90 Å². The van der Waals surface area contributed by atoms with E-state index in [0.29, 0.717) is 37.1 Å². The van der Waals surface area contributed by atoms with E-state index in [-0.39, 0.29) is 17.7 Å². The van der Waals surface area contributed by atoms with Crippen molar-refractivity contribution in [3.05, 3.63) is 23.8 Å². The molecule has 35 heavy (non-hydrogen) atoms. The minimum Gasteiger partial charge on any atom is -0.493 e. The van der Waals surface area contributed by atoms with Crippen molar-refractivity contribution < 1.29 is 28.9 Å². The van der Waals surface area contributed by atoms with Gasteiger partial charge in [-0.1, -0.05) is 32.3 Å². The van der Waals surface area contributed by atoms with E-state index >= 15 is 0 Å². The smallest absolute Gasteiger partial charge is 0.303 e. The van der Waals surface area contributed by atoms with E-state index < -0.39 is 23.6 Å². The van der Waals surface area contributed by atoms with Gasteiger partial charge in [-0.05, 0) is 56.2 Å². The van der Waals surface area contributed by atoms with Crippen molar-refractivity contribution in [1.29, 1.82) is 0 Å². The summed E-state index contributed by atoms with van der Waals surface area (Å²) in [7, 11) is 1.63. The van der Waals surface area contributed by atoms with Crippen LogP contribution in [0.15, 0.2) is 18.2 Å². The molecule has 1 saturated heterocycles. The Balaban J connectivity index is 1.59. The van der Waals surface area contributed by atoms with E-state index in [0.717, 1.165) is 37.7 Å². The number of likely N-dealkylation sites (tertiary alicyclic amines) is 1. The number of amides is 1. The number of hydrogen-bond acceptors (Lipinski definition) is 6. The first-order valence-electron chi connectivity index (χ1n) is 13.2. The Morgan fingerprint density at radius 1 is 1.14 bits per heavy atom. The number of nitrogens with zero attached hydrogens (tertiary/aromatic N) is 1. The Labute approximate surface area is 209 Å². The molecule has 0 radical (unpaired) electrons. The summed E-state index contributed by atoms with van der Waals surface area (Å²) < 4.78 is 17.2. The third-order valence-electron chi connectivity index (χ3n) is 8.37. The summed E-state index contributed by atoms with van der Waals surface area (Å²) in [5, 5.41) is 10.9. The molecule has 2 aliphatic carbocycles. The molecule has 194 valence electrons. The number of methoxy groups -OCH3 is 1. The predicted molar refractivity (Wildman–Crippen MR) is 132 cm³/mol. The molecule has 7 nitrogen and oxygen atoms in total. The Morgan fingerprint density at radius 3 is 2.46 bits per heavy atom. The van der Waals surface area contributed by atoms with E-state index in [4.69, 9.17) is 14.2 Å². The second kappa shape index (κ2) is 10.8. The molecule has 1 amide bonds. The SMILES string of the molecule is COc1ccc([C@@H]2CN(C(=O)[C@H](OC(C)=O)C3CCCCC3)C[C@@]2(C)[C@@H](C)O)cc1OCC1CC1. The molecular weight excluding hydrogens is 446 g/mol. The van der Waals surface area contributed by atoms with Crippen LogP contribution < -0.4 is 9.47 Å². The van der Waals surface area contributed by atoms with Crippen LogP contribution in [0, 0.1) is 17.3 Å². The van der Waals surface area contributed by atoms with Crippen molar-refractivity contribution in [3.63, 3.8) is 0 Å². The maximum Gasteiger partial charge on any atom is 0.303 e. The van der Waals surface area contributed by atoms with Gasteiger partial charge in [0, 0.05) is 37.3 Å². The molecule has 0 bridgehead atoms. The third kappa shape index (κ3) is 5.76. The molecule has 1 heterocycles. The minimum atomic E-state index is -0.752. The zero-order valence-corrected chi connectivity index (χ0v) is 21.6. The average molecular weight is 488 g/mol. The maximum atomic E-state index is 13.7. The van der Waals surface area contributed by atoms with Crippen LogP contribution in [0.3, 0.4) is 0 Å². The van der Waals surface area contributed by atoms with Crippen LogP contribution in [0.5, 0.6) is 11.5 Å². The van der Waals surface area contributed by atoms with Crippen LogP contribution in [0.25, 0.3) is 0 Å². The predicted octanol–water partition coefficient (Wildman–Crippen LogP) is 4.31. The second-order valence-electron chi connectivity index (χ2n) is 11.0. The van der Waals surface area contributed by atoms with E-state index in [9.17, 15) is 14.7 Å². The number of hydrogen-bond donors (Lipinski definition) is 1. The maximum absolute atomic E-state index is 13.7. The van der Waals surface area contributed by atoms with Gasteiger partial charge in [-0.15, -0.1) is 0 Å². The summed E-state index contributed by atoms with van der Waals surface area (Å²) in [5.74, 6) is 1.41. The molecular formula is C28H41NO6. The summed E-state index contributed by atoms with van der Waals surface area (Å²) >= 11 is 0. The van der Waals surface area contributed by atoms with Crippen molar-refractivity contribution in [2.45, 2.75) is 83.8 Å². The monoisotopic (exact) mass is 487 g/mol. The van der Waals surface area contributed by atoms with Gasteiger partial charge >= 0.3 is 5.97 Å². The van der Waals surface area contributed by atoms with Gasteiger partial charge in [-0.3, -0.25) is 9.59 Å². The van der Waals surface area contributed by atoms with Crippen LogP contribution in [-0.2, 0) is 14.3 Å². The minimum absolute atomic E-state index is 0.0559. The van der Waals surface area contributed by atoms with Gasteiger partial charge < -0.3 is 24.2 Å². The summed E-state index contributed by atoms with van der Waals surface area (Å²) in [4.78, 5) is 27.4. The highest BCUT2D eigenvalue weighted by Crippen LogP contribution is 2.47. The average Bonchev–Trinajstić information content (AvgIpc) is 3.61. The quantitative estimate of drug-likeness (QED) is 0.523. The number of rotatable bonds is 9. The van der Waals surface area contributed by atoms with Gasteiger partial charge in [-0.2, -0.15) is 0 Å². The zero-order chi connectivity index (χ0) is 25.2. The summed E-state index contributed by atoms with van der Waals surface area (Å²) in [5.41, 5.74) is 0.461. The molecule has 4 atom stereocenters. The summed E-state index contributed by atoms with van der Waals surface area (Å²) in [6.45, 7) is 6.73. The summed E-state index contributed by atoms with van der Waals surface area (Å²) in [6, 6.07) is 5.92. The fourth-order valence-electron chi connectivity index (χ4n) is 5.75. The molecule has 3 aliphatic rings. The number of aliphatic hydroxyl groups excluding tert-OH is 1. The highest BCUT2D eigenvalue weighted by Gasteiger charge is 2.50. The van der Waals surface area contributed by atoms with Crippen molar-refractivity contribution in [2.75, 3.05) is 26.8 Å². The van der Waals surface area contributed by atoms with Crippen LogP contribution in [0.1, 0.15) is 77.2 Å². The first-order chi connectivity index (χ1) is 16.7. The number of esters is 1. The lowest BCUT2D eigenvalue weighted by Gasteiger charge is -2.34. The van der Waals surface area contributed by atoms with Crippen LogP contribution in [-0.4, -0.2) is 60.9 Å². The van der Waals surface area contributed by atoms with E-state index in [1.54, 1.807) is 18.9 Å². The number of aliphatic hydroxyl groups is 1. The van der Waals surface area contributed by atoms with E-state index in [1.807, 2.05) is 25.1 Å². The molecule has 0 spiro atoms. The van der Waals surface area contributed by atoms with Crippen molar-refractivity contribution in [3.8, 4) is 11.5 Å². The number of benzene rings is 1. The topological polar surface area (TPSA) is 85.3 Å². The van der Waals surface area contributed by atoms with Crippen molar-refractivity contribution >= 4 is 11.9 Å². The molecule has 1 aromatic carbocycles. The molecule has 4 rings (SSSR count). The van der Waals surface area contributed by atoms with E-state index in [2.05, 4.69) is 0 Å². The fourth-order valence-corrected chi connectivity index (χ4v) is 5.75. The molecule has 1 aromatic rings. The van der Waals surface area contributed by atoms with Gasteiger partial charge in [0.25, 0.3) is 5.91 Å². The number of carbonyl (C=O) groups excluding carboxylic acids is 2. The van der Waals surface area contributed by atoms with Crippen LogP contribution in [0.2, 0.25) is 0 Å². The Kier molecular flexibility index (Phi) is 7.94. The van der Waals surface area contributed by atoms with Gasteiger partial charge in [0.05, 0.1) is 19.8 Å². The van der Waals surface area contributed by atoms with E-state index in [1.165, 1.54) is 19.8 Å². The van der Waals surface area contributed by atoms with Crippen molar-refractivity contribution in [2.24, 2.45) is 17.3 Å². The van der Waals surface area contributed by atoms with Gasteiger partial charge in [0.15, 0.2) is 17.6 Å². The first-order valence-corrected chi connectivity index (χ1v) is 13.2. The Morgan fingerprint density at radius 2 is 1.86 bits per heavy atom. The molecule has 2 saturated carbocycles. The second-order valence-corrected chi connectivity index (χ2v) is 11.0. The Hall–Kier alpha value is -2.28. The molecule has 0 unspecified atom stereocenters. The first kappa shape index (κ1) is 25.8. The Bertz CT molecular complexity index is 907. The highest BCUT2D eigenvalue weighted by atomic mass is 16.5. The summed E-state index contributed by atoms with van der Waals surface area (Å²) in [6.07, 6.45) is 6.08. The lowest BCUT2D eigenvalue weighted by Crippen LogP contribution is -2.46. The van der Waals surface area contributed by atoms with Gasteiger partial charge in [0.2, 0.25) is 0 Å². The van der Waals surface area contributed by atoms with Gasteiger partial charge in [-0.25, -0.2) is 0 Å². The largest absolute Gasteiger partial charge is 0.493 e. The molecule has 1 aliphatic heterocycles. The molecule has 3 fully saturated rings. The third-order valence-corrected chi connectivity index (χ3v) is 8.37. The normalized spacial score (nSPS) is 26.8. The fraction of sp³-hybridized carbons (Fsp3) is 0.714. The zero-order valence-electron chi connectivity index (χ0n) is 21.6. The van der Waals surface area contributed by atoms with Gasteiger partial charge in [0.1, 0.15) is 0 Å². The lowest BCUT2D eigenvalue weighted by molar-refractivity contribution is -0.163. The number of carbonyl (C=O) groups is 2. The van der Waals surface area contributed by atoms with Crippen LogP contribution >= 0.6 is 0 Å². The highest BCUT2D eigenvalue weighted by molar-refractivity contribution is 5.84. The molecule has 7 heteroatoms. The number of ether oxygens (including phenoxy) is 3. The standard InChI is InChI=1S/C28H41NO6/c1-18(30)28(3)17-29(27(32)26(35-19(2)31)21-8-6-5-7-9-21)15-23(28)22-12-13-24(33-4)25(14-22)34-16-20-10-11-20/h12-14,18,20-21,23,26,30H,5-11,15-17H2,1-4H3/t18-,23+,26-,28+/m1/s1. The molecule has 1 N–H and O–H groups in total.